The quantitative estimate of drug-likeness (QED) is 0.462. The van der Waals surface area contributed by atoms with Gasteiger partial charge in [0, 0.05) is 12.1 Å². The first-order chi connectivity index (χ1) is 9.40. The summed E-state index contributed by atoms with van der Waals surface area (Å²) in [5, 5.41) is 2.77. The molecule has 1 N–H and O–H groups in total. The first-order valence-electron chi connectivity index (χ1n) is 7.13. The van der Waals surface area contributed by atoms with Gasteiger partial charge in [0.05, 0.1) is 0 Å². The van der Waals surface area contributed by atoms with Crippen molar-refractivity contribution in [3.8, 4) is 0 Å². The third kappa shape index (κ3) is 5.63. The first kappa shape index (κ1) is 16.5. The van der Waals surface area contributed by atoms with Crippen LogP contribution in [0.5, 0.6) is 0 Å². The Morgan fingerprint density at radius 3 is 2.40 bits per heavy atom. The normalized spacial score (nSPS) is 25.1. The molecule has 0 heterocycles. The summed E-state index contributed by atoms with van der Waals surface area (Å²) in [5.74, 6) is 1.43. The van der Waals surface area contributed by atoms with Gasteiger partial charge in [-0.1, -0.05) is 20.4 Å². The largest absolute Gasteiger partial charge is 0.459 e. The number of ether oxygens (including phenoxy) is 2. The summed E-state index contributed by atoms with van der Waals surface area (Å²) in [4.78, 5) is 22.6. The number of rotatable bonds is 6. The van der Waals surface area contributed by atoms with Crippen LogP contribution >= 0.6 is 0 Å². The van der Waals surface area contributed by atoms with Crippen molar-refractivity contribution in [2.24, 2.45) is 17.8 Å². The number of carbonyl (C=O) groups is 2. The van der Waals surface area contributed by atoms with Crippen LogP contribution in [-0.2, 0) is 14.3 Å². The van der Waals surface area contributed by atoms with Crippen molar-refractivity contribution in [2.45, 2.75) is 33.6 Å². The minimum absolute atomic E-state index is 0.0516. The standard InChI is InChI=1S/C15H25NO4/c1-10(2)14(17)19-5-6-20-15(18)16-9-13-8-11(3)7-12(13)4/h11-13H,1,5-9H2,2-4H3,(H,16,18). The number of esters is 1. The molecule has 1 saturated carbocycles. The summed E-state index contributed by atoms with van der Waals surface area (Å²) in [7, 11) is 0. The minimum atomic E-state index is -0.470. The SMILES string of the molecule is C=C(C)C(=O)OCCOC(=O)NCC1CC(C)CC1C. The Bertz CT molecular complexity index is 367. The highest BCUT2D eigenvalue weighted by atomic mass is 16.6. The highest BCUT2D eigenvalue weighted by Gasteiger charge is 2.28. The van der Waals surface area contributed by atoms with E-state index in [2.05, 4.69) is 25.7 Å². The molecule has 1 fully saturated rings. The average Bonchev–Trinajstić information content (AvgIpc) is 2.70. The molecular weight excluding hydrogens is 258 g/mol. The van der Waals surface area contributed by atoms with E-state index in [9.17, 15) is 9.59 Å². The van der Waals surface area contributed by atoms with Crippen LogP contribution in [0.15, 0.2) is 12.2 Å². The first-order valence-corrected chi connectivity index (χ1v) is 7.13. The van der Waals surface area contributed by atoms with Crippen molar-refractivity contribution >= 4 is 12.1 Å². The van der Waals surface area contributed by atoms with Gasteiger partial charge in [0.15, 0.2) is 0 Å². The van der Waals surface area contributed by atoms with Gasteiger partial charge in [-0.3, -0.25) is 0 Å². The molecule has 3 atom stereocenters. The molecule has 1 amide bonds. The van der Waals surface area contributed by atoms with Crippen LogP contribution in [0.1, 0.15) is 33.6 Å². The number of carbonyl (C=O) groups excluding carboxylic acids is 2. The maximum atomic E-state index is 11.5. The van der Waals surface area contributed by atoms with E-state index < -0.39 is 12.1 Å². The van der Waals surface area contributed by atoms with E-state index in [1.165, 1.54) is 6.42 Å². The van der Waals surface area contributed by atoms with Gasteiger partial charge in [-0.15, -0.1) is 0 Å². The van der Waals surface area contributed by atoms with Gasteiger partial charge in [0.25, 0.3) is 0 Å². The monoisotopic (exact) mass is 283 g/mol. The molecular formula is C15H25NO4. The van der Waals surface area contributed by atoms with Crippen molar-refractivity contribution in [3.63, 3.8) is 0 Å². The zero-order valence-corrected chi connectivity index (χ0v) is 12.6. The minimum Gasteiger partial charge on any atom is -0.459 e. The molecule has 0 aromatic rings. The Morgan fingerprint density at radius 1 is 1.20 bits per heavy atom. The fourth-order valence-corrected chi connectivity index (χ4v) is 2.61. The molecule has 0 aliphatic heterocycles. The molecule has 3 unspecified atom stereocenters. The fourth-order valence-electron chi connectivity index (χ4n) is 2.61. The second-order valence-corrected chi connectivity index (χ2v) is 5.75. The average molecular weight is 283 g/mol. The van der Waals surface area contributed by atoms with E-state index in [-0.39, 0.29) is 13.2 Å². The van der Waals surface area contributed by atoms with E-state index in [0.717, 1.165) is 12.3 Å². The van der Waals surface area contributed by atoms with Gasteiger partial charge in [0.2, 0.25) is 0 Å². The van der Waals surface area contributed by atoms with E-state index in [0.29, 0.717) is 24.0 Å². The topological polar surface area (TPSA) is 64.6 Å². The molecule has 1 aliphatic carbocycles. The van der Waals surface area contributed by atoms with Crippen LogP contribution in [0.2, 0.25) is 0 Å². The van der Waals surface area contributed by atoms with E-state index in [4.69, 9.17) is 9.47 Å². The Labute approximate surface area is 120 Å². The zero-order valence-electron chi connectivity index (χ0n) is 12.6. The van der Waals surface area contributed by atoms with Crippen molar-refractivity contribution in [3.05, 3.63) is 12.2 Å². The molecule has 0 saturated heterocycles. The fraction of sp³-hybridized carbons (Fsp3) is 0.733. The highest BCUT2D eigenvalue weighted by molar-refractivity contribution is 5.86. The lowest BCUT2D eigenvalue weighted by atomic mass is 9.98. The molecule has 0 aromatic heterocycles. The third-order valence-electron chi connectivity index (χ3n) is 3.69. The van der Waals surface area contributed by atoms with Crippen LogP contribution in [0.4, 0.5) is 4.79 Å². The summed E-state index contributed by atoms with van der Waals surface area (Å²) in [6.07, 6.45) is 1.92. The van der Waals surface area contributed by atoms with Gasteiger partial charge in [-0.2, -0.15) is 0 Å². The smallest absolute Gasteiger partial charge is 0.407 e. The number of alkyl carbamates (subject to hydrolysis) is 1. The molecule has 1 rings (SSSR count). The lowest BCUT2D eigenvalue weighted by molar-refractivity contribution is -0.139. The predicted molar refractivity (Wildman–Crippen MR) is 76.2 cm³/mol. The van der Waals surface area contributed by atoms with Gasteiger partial charge >= 0.3 is 12.1 Å². The van der Waals surface area contributed by atoms with Crippen LogP contribution < -0.4 is 5.32 Å². The van der Waals surface area contributed by atoms with Crippen molar-refractivity contribution in [2.75, 3.05) is 19.8 Å². The number of hydrogen-bond donors (Lipinski definition) is 1. The molecule has 5 heteroatoms. The predicted octanol–water partition coefficient (Wildman–Crippen LogP) is 2.51. The van der Waals surface area contributed by atoms with Crippen LogP contribution in [0, 0.1) is 17.8 Å². The van der Waals surface area contributed by atoms with Crippen LogP contribution in [0.25, 0.3) is 0 Å². The Kier molecular flexibility index (Phi) is 6.55. The Balaban J connectivity index is 2.09. The summed E-state index contributed by atoms with van der Waals surface area (Å²) in [6.45, 7) is 10.2. The maximum Gasteiger partial charge on any atom is 0.407 e. The highest BCUT2D eigenvalue weighted by Crippen LogP contribution is 2.35. The number of amides is 1. The molecule has 0 radical (unpaired) electrons. The van der Waals surface area contributed by atoms with Crippen LogP contribution in [0.3, 0.4) is 0 Å². The number of nitrogens with one attached hydrogen (secondary N) is 1. The molecule has 0 bridgehead atoms. The molecule has 1 aliphatic rings. The zero-order chi connectivity index (χ0) is 15.1. The van der Waals surface area contributed by atoms with Crippen LogP contribution in [-0.4, -0.2) is 31.8 Å². The second-order valence-electron chi connectivity index (χ2n) is 5.75. The van der Waals surface area contributed by atoms with E-state index >= 15 is 0 Å². The molecule has 5 nitrogen and oxygen atoms in total. The molecule has 0 spiro atoms. The summed E-state index contributed by atoms with van der Waals surface area (Å²) >= 11 is 0. The Morgan fingerprint density at radius 2 is 1.85 bits per heavy atom. The summed E-state index contributed by atoms with van der Waals surface area (Å²) in [5.41, 5.74) is 0.332. The Hall–Kier alpha value is -1.52. The van der Waals surface area contributed by atoms with E-state index in [1.54, 1.807) is 6.92 Å². The van der Waals surface area contributed by atoms with Crippen molar-refractivity contribution in [1.82, 2.24) is 5.32 Å². The van der Waals surface area contributed by atoms with Crippen molar-refractivity contribution < 1.29 is 19.1 Å². The van der Waals surface area contributed by atoms with Crippen molar-refractivity contribution in [1.29, 1.82) is 0 Å². The summed E-state index contributed by atoms with van der Waals surface area (Å²) in [6, 6.07) is 0. The number of hydrogen-bond acceptors (Lipinski definition) is 4. The third-order valence-corrected chi connectivity index (χ3v) is 3.69. The molecule has 20 heavy (non-hydrogen) atoms. The molecule has 0 aromatic carbocycles. The second kappa shape index (κ2) is 7.92. The van der Waals surface area contributed by atoms with Gasteiger partial charge < -0.3 is 14.8 Å². The molecule has 114 valence electrons. The van der Waals surface area contributed by atoms with Gasteiger partial charge in [-0.25, -0.2) is 9.59 Å². The maximum absolute atomic E-state index is 11.5. The van der Waals surface area contributed by atoms with E-state index in [1.807, 2.05) is 0 Å². The lowest BCUT2D eigenvalue weighted by Crippen LogP contribution is -2.31. The summed E-state index contributed by atoms with van der Waals surface area (Å²) < 4.78 is 9.76. The van der Waals surface area contributed by atoms with Gasteiger partial charge in [-0.05, 0) is 37.5 Å². The van der Waals surface area contributed by atoms with Gasteiger partial charge in [0.1, 0.15) is 13.2 Å². The lowest BCUT2D eigenvalue weighted by Gasteiger charge is -2.15.